The van der Waals surface area contributed by atoms with Crippen LogP contribution in [0.3, 0.4) is 0 Å². The van der Waals surface area contributed by atoms with Crippen LogP contribution < -0.4 is 5.32 Å². The molecule has 1 N–H and O–H groups in total. The van der Waals surface area contributed by atoms with Crippen LogP contribution in [0.5, 0.6) is 0 Å². The lowest BCUT2D eigenvalue weighted by atomic mass is 9.90. The van der Waals surface area contributed by atoms with E-state index in [1.807, 2.05) is 19.4 Å². The Morgan fingerprint density at radius 3 is 2.67 bits per heavy atom. The summed E-state index contributed by atoms with van der Waals surface area (Å²) >= 11 is 3.44. The van der Waals surface area contributed by atoms with E-state index in [2.05, 4.69) is 46.1 Å². The number of hydrogen-bond donors (Lipinski definition) is 1. The van der Waals surface area contributed by atoms with Gasteiger partial charge >= 0.3 is 0 Å². The van der Waals surface area contributed by atoms with Gasteiger partial charge in [0.2, 0.25) is 0 Å². The SMILES string of the molecule is CNCC(C)C(C)Cc1cncc(Br)c1. The molecule has 0 aliphatic rings. The Labute approximate surface area is 101 Å². The first-order valence-electron chi connectivity index (χ1n) is 5.37. The van der Waals surface area contributed by atoms with Gasteiger partial charge in [-0.1, -0.05) is 13.8 Å². The van der Waals surface area contributed by atoms with Crippen molar-refractivity contribution in [1.29, 1.82) is 0 Å². The molecule has 1 rings (SSSR count). The number of hydrogen-bond acceptors (Lipinski definition) is 2. The van der Waals surface area contributed by atoms with Gasteiger partial charge in [-0.25, -0.2) is 0 Å². The van der Waals surface area contributed by atoms with Gasteiger partial charge in [-0.3, -0.25) is 4.98 Å². The molecule has 84 valence electrons. The third kappa shape index (κ3) is 4.31. The van der Waals surface area contributed by atoms with Crippen molar-refractivity contribution in [2.75, 3.05) is 13.6 Å². The third-order valence-corrected chi connectivity index (χ3v) is 3.25. The highest BCUT2D eigenvalue weighted by Gasteiger charge is 2.12. The van der Waals surface area contributed by atoms with E-state index in [4.69, 9.17) is 0 Å². The highest BCUT2D eigenvalue weighted by Crippen LogP contribution is 2.18. The number of halogens is 1. The summed E-state index contributed by atoms with van der Waals surface area (Å²) in [5, 5.41) is 3.22. The molecule has 0 aliphatic heterocycles. The number of aromatic nitrogens is 1. The molecule has 1 aromatic heterocycles. The van der Waals surface area contributed by atoms with Crippen LogP contribution in [0.25, 0.3) is 0 Å². The number of pyridine rings is 1. The largest absolute Gasteiger partial charge is 0.319 e. The van der Waals surface area contributed by atoms with Gasteiger partial charge in [0.1, 0.15) is 0 Å². The minimum Gasteiger partial charge on any atom is -0.319 e. The zero-order valence-corrected chi connectivity index (χ0v) is 11.2. The monoisotopic (exact) mass is 270 g/mol. The zero-order valence-electron chi connectivity index (χ0n) is 9.63. The van der Waals surface area contributed by atoms with Crippen molar-refractivity contribution in [1.82, 2.24) is 10.3 Å². The summed E-state index contributed by atoms with van der Waals surface area (Å²) in [4.78, 5) is 4.18. The number of rotatable bonds is 5. The summed E-state index contributed by atoms with van der Waals surface area (Å²) in [5.74, 6) is 1.36. The number of nitrogens with one attached hydrogen (secondary N) is 1. The Hall–Kier alpha value is -0.410. The quantitative estimate of drug-likeness (QED) is 0.890. The smallest absolute Gasteiger partial charge is 0.0410 e. The molecule has 3 heteroatoms. The fraction of sp³-hybridized carbons (Fsp3) is 0.583. The Balaban J connectivity index is 2.54. The second-order valence-corrected chi connectivity index (χ2v) is 5.14. The van der Waals surface area contributed by atoms with Crippen LogP contribution in [0.15, 0.2) is 22.9 Å². The molecule has 2 unspecified atom stereocenters. The molecule has 0 aromatic carbocycles. The van der Waals surface area contributed by atoms with Crippen molar-refractivity contribution in [2.24, 2.45) is 11.8 Å². The van der Waals surface area contributed by atoms with Gasteiger partial charge in [0.05, 0.1) is 0 Å². The molecule has 0 radical (unpaired) electrons. The summed E-state index contributed by atoms with van der Waals surface area (Å²) in [6.45, 7) is 5.65. The molecule has 0 aliphatic carbocycles. The second-order valence-electron chi connectivity index (χ2n) is 4.23. The van der Waals surface area contributed by atoms with E-state index in [-0.39, 0.29) is 0 Å². The Kier molecular flexibility index (Phi) is 5.26. The van der Waals surface area contributed by atoms with Gasteiger partial charge in [-0.05, 0) is 59.4 Å². The van der Waals surface area contributed by atoms with Crippen LogP contribution in [0.4, 0.5) is 0 Å². The van der Waals surface area contributed by atoms with Crippen molar-refractivity contribution < 1.29 is 0 Å². The molecule has 15 heavy (non-hydrogen) atoms. The topological polar surface area (TPSA) is 24.9 Å². The van der Waals surface area contributed by atoms with Gasteiger partial charge < -0.3 is 5.32 Å². The molecule has 0 fully saturated rings. The maximum absolute atomic E-state index is 4.18. The van der Waals surface area contributed by atoms with Gasteiger partial charge in [0.15, 0.2) is 0 Å². The predicted molar refractivity (Wildman–Crippen MR) is 67.9 cm³/mol. The molecular formula is C12H19BrN2. The van der Waals surface area contributed by atoms with E-state index in [0.29, 0.717) is 11.8 Å². The Morgan fingerprint density at radius 1 is 1.33 bits per heavy atom. The van der Waals surface area contributed by atoms with Crippen molar-refractivity contribution in [3.8, 4) is 0 Å². The molecule has 0 saturated heterocycles. The maximum atomic E-state index is 4.18. The van der Waals surface area contributed by atoms with Crippen LogP contribution in [0.1, 0.15) is 19.4 Å². The molecule has 1 heterocycles. The first kappa shape index (κ1) is 12.7. The lowest BCUT2D eigenvalue weighted by molar-refractivity contribution is 0.374. The zero-order chi connectivity index (χ0) is 11.3. The van der Waals surface area contributed by atoms with E-state index in [0.717, 1.165) is 17.4 Å². The fourth-order valence-electron chi connectivity index (χ4n) is 1.66. The average molecular weight is 271 g/mol. The molecule has 1 aromatic rings. The Bertz CT molecular complexity index is 301. The summed E-state index contributed by atoms with van der Waals surface area (Å²) in [5.41, 5.74) is 1.31. The maximum Gasteiger partial charge on any atom is 0.0410 e. The standard InChI is InChI=1S/C12H19BrN2/c1-9(10(2)6-14-3)4-11-5-12(13)8-15-7-11/h5,7-10,14H,4,6H2,1-3H3. The van der Waals surface area contributed by atoms with Crippen LogP contribution in [-0.4, -0.2) is 18.6 Å². The molecule has 0 bridgehead atoms. The molecular weight excluding hydrogens is 252 g/mol. The molecule has 0 amide bonds. The van der Waals surface area contributed by atoms with E-state index in [1.54, 1.807) is 0 Å². The van der Waals surface area contributed by atoms with Crippen LogP contribution >= 0.6 is 15.9 Å². The van der Waals surface area contributed by atoms with Gasteiger partial charge in [-0.15, -0.1) is 0 Å². The van der Waals surface area contributed by atoms with Crippen LogP contribution in [0.2, 0.25) is 0 Å². The predicted octanol–water partition coefficient (Wildman–Crippen LogP) is 2.88. The lowest BCUT2D eigenvalue weighted by Crippen LogP contribution is -2.23. The van der Waals surface area contributed by atoms with Crippen molar-refractivity contribution in [3.05, 3.63) is 28.5 Å². The second kappa shape index (κ2) is 6.23. The molecule has 0 saturated carbocycles. The highest BCUT2D eigenvalue weighted by atomic mass is 79.9. The fourth-order valence-corrected chi connectivity index (χ4v) is 2.08. The molecule has 0 spiro atoms. The normalized spacial score (nSPS) is 14.9. The van der Waals surface area contributed by atoms with E-state index >= 15 is 0 Å². The van der Waals surface area contributed by atoms with E-state index in [9.17, 15) is 0 Å². The van der Waals surface area contributed by atoms with Crippen LogP contribution in [0, 0.1) is 11.8 Å². The first-order chi connectivity index (χ1) is 7.13. The van der Waals surface area contributed by atoms with E-state index < -0.39 is 0 Å². The number of nitrogens with zero attached hydrogens (tertiary/aromatic N) is 1. The lowest BCUT2D eigenvalue weighted by Gasteiger charge is -2.19. The molecule has 2 nitrogen and oxygen atoms in total. The summed E-state index contributed by atoms with van der Waals surface area (Å²) in [6, 6.07) is 2.15. The van der Waals surface area contributed by atoms with Crippen LogP contribution in [-0.2, 0) is 6.42 Å². The van der Waals surface area contributed by atoms with Crippen molar-refractivity contribution in [3.63, 3.8) is 0 Å². The van der Waals surface area contributed by atoms with Gasteiger partial charge in [-0.2, -0.15) is 0 Å². The van der Waals surface area contributed by atoms with Gasteiger partial charge in [0.25, 0.3) is 0 Å². The first-order valence-corrected chi connectivity index (χ1v) is 6.16. The van der Waals surface area contributed by atoms with Gasteiger partial charge in [0, 0.05) is 16.9 Å². The summed E-state index contributed by atoms with van der Waals surface area (Å²) in [6.07, 6.45) is 4.87. The summed E-state index contributed by atoms with van der Waals surface area (Å²) < 4.78 is 1.06. The molecule has 2 atom stereocenters. The van der Waals surface area contributed by atoms with Crippen molar-refractivity contribution in [2.45, 2.75) is 20.3 Å². The minimum atomic E-state index is 0.675. The third-order valence-electron chi connectivity index (χ3n) is 2.82. The summed E-state index contributed by atoms with van der Waals surface area (Å²) in [7, 11) is 2.00. The minimum absolute atomic E-state index is 0.675. The van der Waals surface area contributed by atoms with E-state index in [1.165, 1.54) is 5.56 Å². The Morgan fingerprint density at radius 2 is 2.07 bits per heavy atom. The van der Waals surface area contributed by atoms with Crippen molar-refractivity contribution >= 4 is 15.9 Å². The highest BCUT2D eigenvalue weighted by molar-refractivity contribution is 9.10. The average Bonchev–Trinajstić information content (AvgIpc) is 2.18.